The Balaban J connectivity index is 1.91. The number of fused-ring (bicyclic) bond motifs is 1. The Hall–Kier alpha value is -1.78. The van der Waals surface area contributed by atoms with Gasteiger partial charge in [0.25, 0.3) is 0 Å². The first-order chi connectivity index (χ1) is 10.1. The molecule has 0 saturated heterocycles. The lowest BCUT2D eigenvalue weighted by Crippen LogP contribution is -1.92. The van der Waals surface area contributed by atoms with Crippen LogP contribution in [0.5, 0.6) is 0 Å². The van der Waals surface area contributed by atoms with Gasteiger partial charge < -0.3 is 5.73 Å². The summed E-state index contributed by atoms with van der Waals surface area (Å²) in [6.07, 6.45) is 1.71. The standard InChI is InChI=1S/C16H12ClFN2S/c17-12-3-4-15(14(19)8-12)21-9-11-7-13(18)6-10-2-1-5-20-16(10)11/h1-8H,9,19H2. The number of nitrogens with two attached hydrogens (primary N) is 1. The van der Waals surface area contributed by atoms with Gasteiger partial charge in [0.1, 0.15) is 5.82 Å². The molecule has 0 bridgehead atoms. The predicted molar refractivity (Wildman–Crippen MR) is 87.1 cm³/mol. The highest BCUT2D eigenvalue weighted by Gasteiger charge is 2.07. The molecule has 21 heavy (non-hydrogen) atoms. The zero-order chi connectivity index (χ0) is 14.8. The third kappa shape index (κ3) is 3.12. The third-order valence-electron chi connectivity index (χ3n) is 3.10. The Labute approximate surface area is 131 Å². The normalized spacial score (nSPS) is 11.0. The average Bonchev–Trinajstić information content (AvgIpc) is 2.46. The second kappa shape index (κ2) is 5.92. The van der Waals surface area contributed by atoms with E-state index < -0.39 is 0 Å². The van der Waals surface area contributed by atoms with E-state index in [1.54, 1.807) is 36.2 Å². The van der Waals surface area contributed by atoms with E-state index in [1.807, 2.05) is 12.1 Å². The van der Waals surface area contributed by atoms with E-state index in [9.17, 15) is 4.39 Å². The van der Waals surface area contributed by atoms with Gasteiger partial charge in [-0.25, -0.2) is 4.39 Å². The topological polar surface area (TPSA) is 38.9 Å². The van der Waals surface area contributed by atoms with Gasteiger partial charge in [0.2, 0.25) is 0 Å². The van der Waals surface area contributed by atoms with Crippen LogP contribution in [0.4, 0.5) is 10.1 Å². The van der Waals surface area contributed by atoms with Crippen molar-refractivity contribution in [3.63, 3.8) is 0 Å². The number of thioether (sulfide) groups is 1. The monoisotopic (exact) mass is 318 g/mol. The molecule has 0 saturated carbocycles. The van der Waals surface area contributed by atoms with E-state index in [-0.39, 0.29) is 5.82 Å². The summed E-state index contributed by atoms with van der Waals surface area (Å²) < 4.78 is 13.7. The largest absolute Gasteiger partial charge is 0.398 e. The van der Waals surface area contributed by atoms with E-state index in [0.717, 1.165) is 21.4 Å². The number of benzene rings is 2. The van der Waals surface area contributed by atoms with Crippen LogP contribution in [0.15, 0.2) is 53.6 Å². The van der Waals surface area contributed by atoms with Crippen molar-refractivity contribution in [2.75, 3.05) is 5.73 Å². The minimum Gasteiger partial charge on any atom is -0.398 e. The molecule has 0 spiro atoms. The number of halogens is 2. The van der Waals surface area contributed by atoms with Gasteiger partial charge in [-0.1, -0.05) is 17.7 Å². The van der Waals surface area contributed by atoms with Crippen LogP contribution in [0.3, 0.4) is 0 Å². The number of aromatic nitrogens is 1. The maximum absolute atomic E-state index is 13.7. The highest BCUT2D eigenvalue weighted by atomic mass is 35.5. The van der Waals surface area contributed by atoms with Gasteiger partial charge in [0, 0.05) is 32.9 Å². The number of rotatable bonds is 3. The van der Waals surface area contributed by atoms with Crippen LogP contribution in [0.2, 0.25) is 5.02 Å². The number of nitrogen functional groups attached to an aromatic ring is 1. The number of nitrogens with zero attached hydrogens (tertiary/aromatic N) is 1. The lowest BCUT2D eigenvalue weighted by molar-refractivity contribution is 0.628. The second-order valence-corrected chi connectivity index (χ2v) is 6.06. The molecule has 5 heteroatoms. The molecule has 0 radical (unpaired) electrons. The van der Waals surface area contributed by atoms with Gasteiger partial charge in [0.15, 0.2) is 0 Å². The van der Waals surface area contributed by atoms with Crippen molar-refractivity contribution in [1.82, 2.24) is 4.98 Å². The molecule has 2 aromatic carbocycles. The minimum atomic E-state index is -0.254. The summed E-state index contributed by atoms with van der Waals surface area (Å²) in [6.45, 7) is 0. The van der Waals surface area contributed by atoms with Gasteiger partial charge in [-0.15, -0.1) is 11.8 Å². The van der Waals surface area contributed by atoms with Crippen molar-refractivity contribution in [1.29, 1.82) is 0 Å². The highest BCUT2D eigenvalue weighted by Crippen LogP contribution is 2.32. The highest BCUT2D eigenvalue weighted by molar-refractivity contribution is 7.98. The van der Waals surface area contributed by atoms with E-state index in [4.69, 9.17) is 17.3 Å². The van der Waals surface area contributed by atoms with E-state index in [0.29, 0.717) is 16.5 Å². The summed E-state index contributed by atoms with van der Waals surface area (Å²) in [5.74, 6) is 0.340. The summed E-state index contributed by atoms with van der Waals surface area (Å²) in [7, 11) is 0. The van der Waals surface area contributed by atoms with Crippen LogP contribution < -0.4 is 5.73 Å². The molecule has 0 amide bonds. The second-order valence-electron chi connectivity index (χ2n) is 4.61. The molecule has 106 valence electrons. The van der Waals surface area contributed by atoms with Crippen LogP contribution in [-0.2, 0) is 5.75 Å². The molecule has 0 aliphatic carbocycles. The smallest absolute Gasteiger partial charge is 0.124 e. The Bertz CT molecular complexity index is 807. The number of pyridine rings is 1. The van der Waals surface area contributed by atoms with E-state index >= 15 is 0 Å². The Morgan fingerprint density at radius 3 is 2.86 bits per heavy atom. The van der Waals surface area contributed by atoms with Crippen LogP contribution in [0, 0.1) is 5.82 Å². The van der Waals surface area contributed by atoms with Gasteiger partial charge in [0.05, 0.1) is 5.52 Å². The maximum Gasteiger partial charge on any atom is 0.124 e. The molecule has 1 aromatic heterocycles. The fourth-order valence-corrected chi connectivity index (χ4v) is 3.25. The number of hydrogen-bond acceptors (Lipinski definition) is 3. The summed E-state index contributed by atoms with van der Waals surface area (Å²) in [6, 6.07) is 12.1. The molecule has 3 aromatic rings. The summed E-state index contributed by atoms with van der Waals surface area (Å²) >= 11 is 7.43. The first kappa shape index (κ1) is 14.2. The van der Waals surface area contributed by atoms with Crippen LogP contribution in [0.25, 0.3) is 10.9 Å². The zero-order valence-corrected chi connectivity index (χ0v) is 12.6. The third-order valence-corrected chi connectivity index (χ3v) is 4.48. The summed E-state index contributed by atoms with van der Waals surface area (Å²) in [5, 5.41) is 1.41. The first-order valence-electron chi connectivity index (χ1n) is 6.34. The van der Waals surface area contributed by atoms with E-state index in [2.05, 4.69) is 4.98 Å². The van der Waals surface area contributed by atoms with Crippen molar-refractivity contribution < 1.29 is 4.39 Å². The van der Waals surface area contributed by atoms with Crippen molar-refractivity contribution in [3.05, 3.63) is 65.1 Å². The Morgan fingerprint density at radius 2 is 2.05 bits per heavy atom. The lowest BCUT2D eigenvalue weighted by atomic mass is 10.1. The lowest BCUT2D eigenvalue weighted by Gasteiger charge is -2.08. The van der Waals surface area contributed by atoms with Crippen molar-refractivity contribution in [2.45, 2.75) is 10.6 Å². The molecular weight excluding hydrogens is 307 g/mol. The van der Waals surface area contributed by atoms with Crippen molar-refractivity contribution in [2.24, 2.45) is 0 Å². The predicted octanol–water partition coefficient (Wildman–Crippen LogP) is 4.90. The van der Waals surface area contributed by atoms with Crippen molar-refractivity contribution in [3.8, 4) is 0 Å². The first-order valence-corrected chi connectivity index (χ1v) is 7.71. The Kier molecular flexibility index (Phi) is 3.99. The van der Waals surface area contributed by atoms with Crippen LogP contribution >= 0.6 is 23.4 Å². The summed E-state index contributed by atoms with van der Waals surface area (Å²) in [4.78, 5) is 5.26. The molecule has 0 atom stereocenters. The van der Waals surface area contributed by atoms with Gasteiger partial charge in [-0.05, 0) is 42.0 Å². The molecule has 2 N–H and O–H groups in total. The molecule has 0 aliphatic heterocycles. The molecule has 3 rings (SSSR count). The van der Waals surface area contributed by atoms with Gasteiger partial charge >= 0.3 is 0 Å². The molecule has 0 fully saturated rings. The SMILES string of the molecule is Nc1cc(Cl)ccc1SCc1cc(F)cc2cccnc12. The Morgan fingerprint density at radius 1 is 1.19 bits per heavy atom. The molecular formula is C16H12ClFN2S. The quantitative estimate of drug-likeness (QED) is 0.551. The fraction of sp³-hybridized carbons (Fsp3) is 0.0625. The van der Waals surface area contributed by atoms with Crippen LogP contribution in [0.1, 0.15) is 5.56 Å². The van der Waals surface area contributed by atoms with Gasteiger partial charge in [-0.2, -0.15) is 0 Å². The molecule has 2 nitrogen and oxygen atoms in total. The zero-order valence-electron chi connectivity index (χ0n) is 11.0. The van der Waals surface area contributed by atoms with Crippen molar-refractivity contribution >= 4 is 40.0 Å². The minimum absolute atomic E-state index is 0.254. The maximum atomic E-state index is 13.7. The summed E-state index contributed by atoms with van der Waals surface area (Å²) in [5.41, 5.74) is 8.23. The van der Waals surface area contributed by atoms with Gasteiger partial charge in [-0.3, -0.25) is 4.98 Å². The fourth-order valence-electron chi connectivity index (χ4n) is 2.14. The number of anilines is 1. The molecule has 1 heterocycles. The molecule has 0 aliphatic rings. The van der Waals surface area contributed by atoms with E-state index in [1.165, 1.54) is 12.1 Å². The molecule has 0 unspecified atom stereocenters. The average molecular weight is 319 g/mol. The van der Waals surface area contributed by atoms with Crippen LogP contribution in [-0.4, -0.2) is 4.98 Å². The number of hydrogen-bond donors (Lipinski definition) is 1.